The number of nitrogens with one attached hydrogen (secondary N) is 2. The molecule has 0 spiro atoms. The maximum Gasteiger partial charge on any atom is 0.315 e. The molecule has 5 nitrogen and oxygen atoms in total. The van der Waals surface area contributed by atoms with Gasteiger partial charge in [-0.2, -0.15) is 0 Å². The highest BCUT2D eigenvalue weighted by atomic mass is 16.5. The first-order chi connectivity index (χ1) is 10.7. The van der Waals surface area contributed by atoms with E-state index in [2.05, 4.69) is 10.6 Å². The number of benzene rings is 1. The highest BCUT2D eigenvalue weighted by Gasteiger charge is 2.30. The number of rotatable bonds is 4. The normalized spacial score (nSPS) is 20.8. The average Bonchev–Trinajstić information content (AvgIpc) is 3.15. The Balaban J connectivity index is 1.55. The van der Waals surface area contributed by atoms with E-state index in [9.17, 15) is 4.79 Å². The van der Waals surface area contributed by atoms with Crippen LogP contribution in [0.5, 0.6) is 0 Å². The molecule has 1 saturated heterocycles. The molecule has 3 rings (SSSR count). The molecule has 1 fully saturated rings. The minimum Gasteiger partial charge on any atom is -0.469 e. The molecule has 1 aromatic carbocycles. The lowest BCUT2D eigenvalue weighted by molar-refractivity contribution is 0.0999. The number of aryl methyl sites for hydroxylation is 1. The first kappa shape index (κ1) is 14.7. The van der Waals surface area contributed by atoms with E-state index >= 15 is 0 Å². The smallest absolute Gasteiger partial charge is 0.315 e. The molecule has 2 aromatic rings. The molecule has 1 aliphatic rings. The van der Waals surface area contributed by atoms with Crippen molar-refractivity contribution >= 4 is 6.03 Å². The molecular weight excluding hydrogens is 280 g/mol. The third-order valence-corrected chi connectivity index (χ3v) is 3.94. The summed E-state index contributed by atoms with van der Waals surface area (Å²) in [6.45, 7) is 2.99. The van der Waals surface area contributed by atoms with E-state index < -0.39 is 0 Å². The molecule has 1 aliphatic heterocycles. The van der Waals surface area contributed by atoms with E-state index in [0.717, 1.165) is 23.3 Å². The number of urea groups is 1. The first-order valence-corrected chi connectivity index (χ1v) is 7.48. The molecule has 0 bridgehead atoms. The van der Waals surface area contributed by atoms with Gasteiger partial charge in [-0.25, -0.2) is 4.79 Å². The molecule has 0 saturated carbocycles. The fourth-order valence-corrected chi connectivity index (χ4v) is 2.70. The van der Waals surface area contributed by atoms with Gasteiger partial charge in [-0.05, 0) is 25.0 Å². The predicted octanol–water partition coefficient (Wildman–Crippen LogP) is 2.92. The Kier molecular flexibility index (Phi) is 4.44. The number of carbonyl (C=O) groups is 1. The zero-order valence-electron chi connectivity index (χ0n) is 12.5. The van der Waals surface area contributed by atoms with E-state index in [1.54, 1.807) is 6.26 Å². The van der Waals surface area contributed by atoms with Gasteiger partial charge in [0, 0.05) is 18.7 Å². The topological polar surface area (TPSA) is 63.5 Å². The largest absolute Gasteiger partial charge is 0.469 e. The van der Waals surface area contributed by atoms with Gasteiger partial charge in [-0.1, -0.05) is 30.3 Å². The Labute approximate surface area is 129 Å². The molecular formula is C17H20N2O3. The Hall–Kier alpha value is -2.27. The van der Waals surface area contributed by atoms with E-state index in [0.29, 0.717) is 13.2 Å². The Bertz CT molecular complexity index is 624. The third-order valence-electron chi connectivity index (χ3n) is 3.94. The Morgan fingerprint density at radius 1 is 1.27 bits per heavy atom. The van der Waals surface area contributed by atoms with Crippen molar-refractivity contribution in [3.8, 4) is 0 Å². The van der Waals surface area contributed by atoms with E-state index in [1.165, 1.54) is 0 Å². The summed E-state index contributed by atoms with van der Waals surface area (Å²) < 4.78 is 11.0. The van der Waals surface area contributed by atoms with Crippen molar-refractivity contribution in [1.29, 1.82) is 0 Å². The number of furan rings is 1. The van der Waals surface area contributed by atoms with Gasteiger partial charge in [0.2, 0.25) is 0 Å². The van der Waals surface area contributed by atoms with Crippen LogP contribution in [-0.4, -0.2) is 18.7 Å². The molecule has 22 heavy (non-hydrogen) atoms. The minimum atomic E-state index is -0.183. The first-order valence-electron chi connectivity index (χ1n) is 7.48. The van der Waals surface area contributed by atoms with Crippen LogP contribution in [0.3, 0.4) is 0 Å². The zero-order chi connectivity index (χ0) is 15.4. The predicted molar refractivity (Wildman–Crippen MR) is 82.4 cm³/mol. The molecule has 0 unspecified atom stereocenters. The zero-order valence-corrected chi connectivity index (χ0v) is 12.5. The minimum absolute atomic E-state index is 0.00662. The van der Waals surface area contributed by atoms with E-state index in [-0.39, 0.29) is 18.2 Å². The van der Waals surface area contributed by atoms with Crippen molar-refractivity contribution in [2.75, 3.05) is 6.61 Å². The summed E-state index contributed by atoms with van der Waals surface area (Å²) in [5.41, 5.74) is 2.08. The molecule has 116 valence electrons. The molecule has 0 aliphatic carbocycles. The average molecular weight is 300 g/mol. The van der Waals surface area contributed by atoms with Gasteiger partial charge in [0.05, 0.1) is 12.3 Å². The fourth-order valence-electron chi connectivity index (χ4n) is 2.70. The molecule has 2 N–H and O–H groups in total. The Morgan fingerprint density at radius 3 is 2.82 bits per heavy atom. The Morgan fingerprint density at radius 2 is 2.09 bits per heavy atom. The summed E-state index contributed by atoms with van der Waals surface area (Å²) >= 11 is 0. The maximum absolute atomic E-state index is 12.1. The second-order valence-corrected chi connectivity index (χ2v) is 5.43. The standard InChI is InChI=1S/C17H20N2O3/c1-12-14(7-9-21-12)11-18-17(20)19-15-8-10-22-16(15)13-5-3-2-4-6-13/h2-7,9,15-16H,8,10-11H2,1H3,(H2,18,19,20)/t15-,16+/m0/s1. The SMILES string of the molecule is Cc1occc1CNC(=O)N[C@H]1CCO[C@@H]1c1ccccc1. The van der Waals surface area contributed by atoms with Crippen LogP contribution in [0.4, 0.5) is 4.79 Å². The summed E-state index contributed by atoms with van der Waals surface area (Å²) in [4.78, 5) is 12.1. The van der Waals surface area contributed by atoms with Crippen LogP contribution in [0.1, 0.15) is 29.4 Å². The van der Waals surface area contributed by atoms with Crippen LogP contribution in [0.25, 0.3) is 0 Å². The lowest BCUT2D eigenvalue weighted by Gasteiger charge is -2.20. The van der Waals surface area contributed by atoms with Gasteiger partial charge in [-0.15, -0.1) is 0 Å². The third kappa shape index (κ3) is 3.31. The summed E-state index contributed by atoms with van der Waals surface area (Å²) in [6, 6.07) is 11.7. The second kappa shape index (κ2) is 6.66. The number of carbonyl (C=O) groups excluding carboxylic acids is 1. The maximum atomic E-state index is 12.1. The fraction of sp³-hybridized carbons (Fsp3) is 0.353. The van der Waals surface area contributed by atoms with Gasteiger partial charge in [0.15, 0.2) is 0 Å². The van der Waals surface area contributed by atoms with Crippen molar-refractivity contribution in [3.05, 3.63) is 59.5 Å². The van der Waals surface area contributed by atoms with Gasteiger partial charge in [0.25, 0.3) is 0 Å². The number of amides is 2. The van der Waals surface area contributed by atoms with Crippen LogP contribution < -0.4 is 10.6 Å². The highest BCUT2D eigenvalue weighted by Crippen LogP contribution is 2.28. The van der Waals surface area contributed by atoms with Gasteiger partial charge >= 0.3 is 6.03 Å². The van der Waals surface area contributed by atoms with Crippen molar-refractivity contribution in [3.63, 3.8) is 0 Å². The summed E-state index contributed by atoms with van der Waals surface area (Å²) in [6.07, 6.45) is 2.36. The molecule has 2 atom stereocenters. The second-order valence-electron chi connectivity index (χ2n) is 5.43. The van der Waals surface area contributed by atoms with Crippen molar-refractivity contribution in [2.45, 2.75) is 32.0 Å². The van der Waals surface area contributed by atoms with Crippen molar-refractivity contribution < 1.29 is 13.9 Å². The molecule has 0 radical (unpaired) electrons. The monoisotopic (exact) mass is 300 g/mol. The van der Waals surface area contributed by atoms with Crippen molar-refractivity contribution in [1.82, 2.24) is 10.6 Å². The molecule has 2 amide bonds. The highest BCUT2D eigenvalue weighted by molar-refractivity contribution is 5.74. The van der Waals surface area contributed by atoms with E-state index in [4.69, 9.17) is 9.15 Å². The summed E-state index contributed by atoms with van der Waals surface area (Å²) in [5.74, 6) is 0.826. The van der Waals surface area contributed by atoms with Crippen LogP contribution in [0, 0.1) is 6.92 Å². The van der Waals surface area contributed by atoms with Crippen LogP contribution in [-0.2, 0) is 11.3 Å². The van der Waals surface area contributed by atoms with Gasteiger partial charge in [-0.3, -0.25) is 0 Å². The van der Waals surface area contributed by atoms with Gasteiger partial charge in [0.1, 0.15) is 11.9 Å². The van der Waals surface area contributed by atoms with Gasteiger partial charge < -0.3 is 19.8 Å². The lowest BCUT2D eigenvalue weighted by atomic mass is 10.0. The van der Waals surface area contributed by atoms with E-state index in [1.807, 2.05) is 43.3 Å². The van der Waals surface area contributed by atoms with Crippen LogP contribution >= 0.6 is 0 Å². The number of ether oxygens (including phenoxy) is 1. The molecule has 2 heterocycles. The van der Waals surface area contributed by atoms with Crippen LogP contribution in [0.15, 0.2) is 47.1 Å². The summed E-state index contributed by atoms with van der Waals surface area (Å²) in [7, 11) is 0. The molecule has 1 aromatic heterocycles. The number of hydrogen-bond donors (Lipinski definition) is 2. The quantitative estimate of drug-likeness (QED) is 0.912. The van der Waals surface area contributed by atoms with Crippen molar-refractivity contribution in [2.24, 2.45) is 0 Å². The lowest BCUT2D eigenvalue weighted by Crippen LogP contribution is -2.43. The summed E-state index contributed by atoms with van der Waals surface area (Å²) in [5, 5.41) is 5.86. The molecule has 5 heteroatoms. The number of hydrogen-bond acceptors (Lipinski definition) is 3. The van der Waals surface area contributed by atoms with Crippen LogP contribution in [0.2, 0.25) is 0 Å².